The Bertz CT molecular complexity index is 987. The summed E-state index contributed by atoms with van der Waals surface area (Å²) in [5.41, 5.74) is 1.29. The molecule has 8 heteroatoms. The number of likely N-dealkylation sites (tertiary alicyclic amines) is 2. The number of ether oxygens (including phenoxy) is 1. The van der Waals surface area contributed by atoms with E-state index < -0.39 is 0 Å². The number of fused-ring (bicyclic) bond motifs is 1. The smallest absolute Gasteiger partial charge is 0.272 e. The standard InChI is InChI=1S/C24H30N4O4/c1-32-13-10-25-23(30)19-14-22(29)28(16-19)15-17-8-11-27(12-9-17)24(31)21-7-6-18-4-2-3-5-20(18)26-21/h2-7,17,19H,8-16H2,1H3,(H,25,30). The quantitative estimate of drug-likeness (QED) is 0.665. The first-order chi connectivity index (χ1) is 15.5. The van der Waals surface area contributed by atoms with E-state index in [4.69, 9.17) is 4.74 Å². The van der Waals surface area contributed by atoms with Crippen molar-refractivity contribution in [1.29, 1.82) is 0 Å². The summed E-state index contributed by atoms with van der Waals surface area (Å²) in [5.74, 6) is -0.0425. The van der Waals surface area contributed by atoms with Crippen LogP contribution in [0.25, 0.3) is 10.9 Å². The van der Waals surface area contributed by atoms with E-state index in [0.717, 1.165) is 23.7 Å². The molecular weight excluding hydrogens is 408 g/mol. The van der Waals surface area contributed by atoms with Crippen LogP contribution < -0.4 is 5.32 Å². The maximum absolute atomic E-state index is 12.9. The summed E-state index contributed by atoms with van der Waals surface area (Å²) in [5, 5.41) is 3.84. The second kappa shape index (κ2) is 10.1. The Morgan fingerprint density at radius 1 is 1.16 bits per heavy atom. The number of nitrogens with one attached hydrogen (secondary N) is 1. The number of rotatable bonds is 7. The summed E-state index contributed by atoms with van der Waals surface area (Å²) >= 11 is 0. The maximum Gasteiger partial charge on any atom is 0.272 e. The summed E-state index contributed by atoms with van der Waals surface area (Å²) in [6.45, 7) is 3.34. The van der Waals surface area contributed by atoms with Gasteiger partial charge in [0, 0.05) is 51.6 Å². The van der Waals surface area contributed by atoms with Crippen molar-refractivity contribution in [2.75, 3.05) is 46.4 Å². The van der Waals surface area contributed by atoms with E-state index in [0.29, 0.717) is 50.9 Å². The lowest BCUT2D eigenvalue weighted by Gasteiger charge is -2.33. The Morgan fingerprint density at radius 2 is 1.94 bits per heavy atom. The number of amides is 3. The third kappa shape index (κ3) is 5.07. The van der Waals surface area contributed by atoms with Crippen LogP contribution in [0.1, 0.15) is 29.8 Å². The first kappa shape index (κ1) is 22.2. The molecule has 4 rings (SSSR count). The Labute approximate surface area is 187 Å². The SMILES string of the molecule is COCCNC(=O)C1CC(=O)N(CC2CCN(C(=O)c3ccc4ccccc4n3)CC2)C1. The normalized spacial score (nSPS) is 19.5. The molecule has 1 atom stereocenters. The zero-order valence-corrected chi connectivity index (χ0v) is 18.5. The maximum atomic E-state index is 12.9. The minimum atomic E-state index is -0.292. The molecule has 170 valence electrons. The fourth-order valence-corrected chi connectivity index (χ4v) is 4.52. The first-order valence-corrected chi connectivity index (χ1v) is 11.2. The second-order valence-electron chi connectivity index (χ2n) is 8.61. The zero-order chi connectivity index (χ0) is 22.5. The fraction of sp³-hybridized carbons (Fsp3) is 0.500. The summed E-state index contributed by atoms with van der Waals surface area (Å²) < 4.78 is 4.95. The van der Waals surface area contributed by atoms with Crippen LogP contribution in [0, 0.1) is 11.8 Å². The van der Waals surface area contributed by atoms with Crippen molar-refractivity contribution in [3.05, 3.63) is 42.1 Å². The number of carbonyl (C=O) groups excluding carboxylic acids is 3. The third-order valence-corrected chi connectivity index (χ3v) is 6.39. The van der Waals surface area contributed by atoms with Crippen LogP contribution in [-0.4, -0.2) is 78.9 Å². The van der Waals surface area contributed by atoms with Gasteiger partial charge in [0.25, 0.3) is 5.91 Å². The summed E-state index contributed by atoms with van der Waals surface area (Å²) in [6, 6.07) is 11.5. The number of para-hydroxylation sites is 1. The van der Waals surface area contributed by atoms with Gasteiger partial charge in [-0.15, -0.1) is 0 Å². The topological polar surface area (TPSA) is 91.8 Å². The van der Waals surface area contributed by atoms with Crippen LogP contribution in [0.3, 0.4) is 0 Å². The summed E-state index contributed by atoms with van der Waals surface area (Å²) in [4.78, 5) is 45.8. The van der Waals surface area contributed by atoms with Crippen LogP contribution in [0.4, 0.5) is 0 Å². The minimum absolute atomic E-state index is 0.0377. The number of nitrogens with zero attached hydrogens (tertiary/aromatic N) is 3. The number of methoxy groups -OCH3 is 1. The van der Waals surface area contributed by atoms with E-state index in [1.54, 1.807) is 13.2 Å². The average molecular weight is 439 g/mol. The van der Waals surface area contributed by atoms with E-state index in [-0.39, 0.29) is 30.1 Å². The van der Waals surface area contributed by atoms with Gasteiger partial charge in [-0.25, -0.2) is 4.98 Å². The molecule has 32 heavy (non-hydrogen) atoms. The predicted octanol–water partition coefficient (Wildman–Crippen LogP) is 1.70. The fourth-order valence-electron chi connectivity index (χ4n) is 4.52. The van der Waals surface area contributed by atoms with Crippen molar-refractivity contribution in [3.8, 4) is 0 Å². The van der Waals surface area contributed by atoms with Gasteiger partial charge in [-0.1, -0.05) is 24.3 Å². The average Bonchev–Trinajstić information content (AvgIpc) is 3.19. The van der Waals surface area contributed by atoms with Crippen molar-refractivity contribution in [2.24, 2.45) is 11.8 Å². The van der Waals surface area contributed by atoms with Gasteiger partial charge in [0.1, 0.15) is 5.69 Å². The molecule has 0 bridgehead atoms. The van der Waals surface area contributed by atoms with Crippen molar-refractivity contribution in [1.82, 2.24) is 20.1 Å². The molecule has 2 saturated heterocycles. The van der Waals surface area contributed by atoms with Crippen molar-refractivity contribution in [2.45, 2.75) is 19.3 Å². The van der Waals surface area contributed by atoms with E-state index in [2.05, 4.69) is 10.3 Å². The summed E-state index contributed by atoms with van der Waals surface area (Å²) in [7, 11) is 1.59. The highest BCUT2D eigenvalue weighted by Crippen LogP contribution is 2.25. The molecule has 1 unspecified atom stereocenters. The number of hydrogen-bond donors (Lipinski definition) is 1. The molecule has 1 aromatic heterocycles. The monoisotopic (exact) mass is 438 g/mol. The van der Waals surface area contributed by atoms with Gasteiger partial charge in [0.2, 0.25) is 11.8 Å². The Kier molecular flexibility index (Phi) is 6.99. The molecule has 0 aliphatic carbocycles. The van der Waals surface area contributed by atoms with Gasteiger partial charge >= 0.3 is 0 Å². The Balaban J connectivity index is 1.27. The lowest BCUT2D eigenvalue weighted by molar-refractivity contribution is -0.129. The van der Waals surface area contributed by atoms with Crippen LogP contribution in [-0.2, 0) is 14.3 Å². The molecule has 2 fully saturated rings. The number of piperidine rings is 1. The highest BCUT2D eigenvalue weighted by Gasteiger charge is 2.36. The van der Waals surface area contributed by atoms with Crippen LogP contribution in [0.15, 0.2) is 36.4 Å². The Morgan fingerprint density at radius 3 is 2.72 bits per heavy atom. The molecule has 0 saturated carbocycles. The van der Waals surface area contributed by atoms with Crippen molar-refractivity contribution < 1.29 is 19.1 Å². The minimum Gasteiger partial charge on any atom is -0.383 e. The first-order valence-electron chi connectivity index (χ1n) is 11.2. The molecule has 2 aromatic rings. The van der Waals surface area contributed by atoms with Crippen LogP contribution in [0.5, 0.6) is 0 Å². The van der Waals surface area contributed by atoms with Crippen LogP contribution in [0.2, 0.25) is 0 Å². The lowest BCUT2D eigenvalue weighted by Crippen LogP contribution is -2.42. The number of aromatic nitrogens is 1. The number of carbonyl (C=O) groups is 3. The molecule has 2 aliphatic rings. The largest absolute Gasteiger partial charge is 0.383 e. The number of benzene rings is 1. The second-order valence-corrected chi connectivity index (χ2v) is 8.61. The van der Waals surface area contributed by atoms with Crippen LogP contribution >= 0.6 is 0 Å². The van der Waals surface area contributed by atoms with E-state index in [1.807, 2.05) is 40.1 Å². The predicted molar refractivity (Wildman–Crippen MR) is 120 cm³/mol. The zero-order valence-electron chi connectivity index (χ0n) is 18.5. The molecule has 1 aromatic carbocycles. The molecule has 8 nitrogen and oxygen atoms in total. The van der Waals surface area contributed by atoms with Gasteiger partial charge in [0.05, 0.1) is 18.0 Å². The van der Waals surface area contributed by atoms with Gasteiger partial charge in [0.15, 0.2) is 0 Å². The molecule has 3 heterocycles. The molecule has 3 amide bonds. The van der Waals surface area contributed by atoms with E-state index in [1.165, 1.54) is 0 Å². The molecule has 0 spiro atoms. The number of hydrogen-bond acceptors (Lipinski definition) is 5. The molecule has 0 radical (unpaired) electrons. The third-order valence-electron chi connectivity index (χ3n) is 6.39. The molecule has 1 N–H and O–H groups in total. The summed E-state index contributed by atoms with van der Waals surface area (Å²) in [6.07, 6.45) is 1.95. The van der Waals surface area contributed by atoms with E-state index >= 15 is 0 Å². The van der Waals surface area contributed by atoms with Crippen molar-refractivity contribution in [3.63, 3.8) is 0 Å². The number of pyridine rings is 1. The molecule has 2 aliphatic heterocycles. The lowest BCUT2D eigenvalue weighted by atomic mass is 9.96. The van der Waals surface area contributed by atoms with Gasteiger partial charge in [-0.2, -0.15) is 0 Å². The van der Waals surface area contributed by atoms with Crippen molar-refractivity contribution >= 4 is 28.6 Å². The van der Waals surface area contributed by atoms with Gasteiger partial charge < -0.3 is 19.9 Å². The van der Waals surface area contributed by atoms with E-state index in [9.17, 15) is 14.4 Å². The van der Waals surface area contributed by atoms with Gasteiger partial charge in [-0.05, 0) is 30.9 Å². The highest BCUT2D eigenvalue weighted by atomic mass is 16.5. The Hall–Kier alpha value is -3.00. The van der Waals surface area contributed by atoms with Gasteiger partial charge in [-0.3, -0.25) is 14.4 Å². The molecular formula is C24H30N4O4. The highest BCUT2D eigenvalue weighted by molar-refractivity contribution is 5.95.